The second-order valence-electron chi connectivity index (χ2n) is 6.74. The third-order valence-electron chi connectivity index (χ3n) is 5.03. The largest absolute Gasteiger partial charge is 0.535 e. The monoisotopic (exact) mass is 332 g/mol. The van der Waals surface area contributed by atoms with Crippen molar-refractivity contribution in [2.24, 2.45) is 17.4 Å². The fourth-order valence-corrected chi connectivity index (χ4v) is 3.62. The molecule has 1 aromatic rings. The number of carbonyl (C=O) groups excluding carboxylic acids is 1. The van der Waals surface area contributed by atoms with Gasteiger partial charge in [0.25, 0.3) is 0 Å². The molecule has 8 heteroatoms. The molecule has 1 aromatic carbocycles. The Bertz CT molecular complexity index is 658. The van der Waals surface area contributed by atoms with Crippen molar-refractivity contribution in [2.45, 2.75) is 43.6 Å². The average Bonchev–Trinajstić information content (AvgIpc) is 2.87. The number of fused-ring (bicyclic) bond motifs is 1. The highest BCUT2D eigenvalue weighted by Gasteiger charge is 2.40. The minimum absolute atomic E-state index is 0.0177. The van der Waals surface area contributed by atoms with Crippen LogP contribution in [0.25, 0.3) is 0 Å². The lowest BCUT2D eigenvalue weighted by atomic mass is 9.63. The van der Waals surface area contributed by atoms with E-state index in [1.54, 1.807) is 12.1 Å². The van der Waals surface area contributed by atoms with Crippen molar-refractivity contribution in [3.63, 3.8) is 0 Å². The van der Waals surface area contributed by atoms with E-state index in [0.29, 0.717) is 24.8 Å². The third-order valence-corrected chi connectivity index (χ3v) is 5.03. The predicted molar refractivity (Wildman–Crippen MR) is 87.8 cm³/mol. The summed E-state index contributed by atoms with van der Waals surface area (Å²) in [6.07, 6.45) is 1.71. The molecule has 0 unspecified atom stereocenters. The number of benzene rings is 1. The summed E-state index contributed by atoms with van der Waals surface area (Å²) >= 11 is 0. The van der Waals surface area contributed by atoms with Crippen molar-refractivity contribution < 1.29 is 24.4 Å². The summed E-state index contributed by atoms with van der Waals surface area (Å²) in [5, 5.41) is 19.4. The Hall–Kier alpha value is -1.90. The van der Waals surface area contributed by atoms with E-state index in [1.165, 1.54) is 6.07 Å². The summed E-state index contributed by atoms with van der Waals surface area (Å²) in [7, 11) is -1.20. The molecular formula is C16H21BN2O5. The van der Waals surface area contributed by atoms with Gasteiger partial charge in [-0.05, 0) is 30.9 Å². The molecule has 1 aliphatic carbocycles. The Kier molecular flexibility index (Phi) is 4.62. The van der Waals surface area contributed by atoms with Crippen LogP contribution >= 0.6 is 0 Å². The second kappa shape index (κ2) is 6.54. The molecule has 0 saturated heterocycles. The summed E-state index contributed by atoms with van der Waals surface area (Å²) < 4.78 is 5.42. The molecule has 1 heterocycles. The number of hydrogen-bond donors (Lipinski definition) is 4. The molecule has 3 atom stereocenters. The van der Waals surface area contributed by atoms with Gasteiger partial charge in [0.2, 0.25) is 0 Å². The molecule has 128 valence electrons. The van der Waals surface area contributed by atoms with Crippen LogP contribution in [0.2, 0.25) is 5.82 Å². The van der Waals surface area contributed by atoms with Crippen molar-refractivity contribution in [3.05, 3.63) is 29.3 Å². The van der Waals surface area contributed by atoms with Gasteiger partial charge < -0.3 is 26.3 Å². The molecule has 1 aliphatic heterocycles. The molecule has 1 saturated carbocycles. The van der Waals surface area contributed by atoms with E-state index in [9.17, 15) is 19.7 Å². The fourth-order valence-electron chi connectivity index (χ4n) is 3.62. The highest BCUT2D eigenvalue weighted by atomic mass is 16.5. The van der Waals surface area contributed by atoms with Gasteiger partial charge in [-0.2, -0.15) is 0 Å². The molecule has 0 aromatic heterocycles. The molecule has 6 N–H and O–H groups in total. The van der Waals surface area contributed by atoms with E-state index < -0.39 is 18.9 Å². The lowest BCUT2D eigenvalue weighted by Gasteiger charge is -2.28. The Labute approximate surface area is 140 Å². The summed E-state index contributed by atoms with van der Waals surface area (Å²) in [5.41, 5.74) is 12.4. The van der Waals surface area contributed by atoms with Crippen molar-refractivity contribution in [1.82, 2.24) is 0 Å². The van der Waals surface area contributed by atoms with Gasteiger partial charge in [0.1, 0.15) is 11.5 Å². The van der Waals surface area contributed by atoms with Crippen LogP contribution in [-0.4, -0.2) is 41.1 Å². The van der Waals surface area contributed by atoms with Gasteiger partial charge >= 0.3 is 13.1 Å². The molecule has 0 radical (unpaired) electrons. The highest BCUT2D eigenvalue weighted by Crippen LogP contribution is 2.37. The van der Waals surface area contributed by atoms with E-state index in [4.69, 9.17) is 16.1 Å². The standard InChI is InChI=1S/C16H21BN2O5/c18-12-5-9(6-13(12)19)14(20)7-10-4-8-2-1-3-11(16(21)22)15(8)24-17(10)23/h1-3,9-10,12-13,23H,4-7,18-19H2,(H,21,22)/t10-,12+,13+/m1/s1. The fraction of sp³-hybridized carbons (Fsp3) is 0.500. The van der Waals surface area contributed by atoms with Crippen LogP contribution in [0.4, 0.5) is 0 Å². The van der Waals surface area contributed by atoms with Crippen molar-refractivity contribution in [1.29, 1.82) is 0 Å². The molecule has 2 aliphatic rings. The first-order valence-corrected chi connectivity index (χ1v) is 8.10. The summed E-state index contributed by atoms with van der Waals surface area (Å²) in [4.78, 5) is 23.7. The van der Waals surface area contributed by atoms with Crippen molar-refractivity contribution in [3.8, 4) is 5.75 Å². The lowest BCUT2D eigenvalue weighted by Crippen LogP contribution is -2.36. The number of hydrogen-bond acceptors (Lipinski definition) is 6. The van der Waals surface area contributed by atoms with Gasteiger partial charge in [-0.3, -0.25) is 4.79 Å². The van der Waals surface area contributed by atoms with E-state index in [1.807, 2.05) is 0 Å². The zero-order valence-electron chi connectivity index (χ0n) is 13.2. The van der Waals surface area contributed by atoms with E-state index >= 15 is 0 Å². The average molecular weight is 332 g/mol. The van der Waals surface area contributed by atoms with Gasteiger partial charge in [0.05, 0.1) is 5.56 Å². The first-order valence-electron chi connectivity index (χ1n) is 8.10. The van der Waals surface area contributed by atoms with Gasteiger partial charge in [-0.1, -0.05) is 12.1 Å². The van der Waals surface area contributed by atoms with Gasteiger partial charge in [-0.25, -0.2) is 4.79 Å². The first-order chi connectivity index (χ1) is 11.4. The quantitative estimate of drug-likeness (QED) is 0.578. The predicted octanol–water partition coefficient (Wildman–Crippen LogP) is 0.194. The minimum Gasteiger partial charge on any atom is -0.535 e. The number of carboxylic acid groups (broad SMARTS) is 1. The van der Waals surface area contributed by atoms with Crippen LogP contribution in [0.15, 0.2) is 18.2 Å². The summed E-state index contributed by atoms with van der Waals surface area (Å²) in [5.74, 6) is -1.46. The van der Waals surface area contributed by atoms with Crippen LogP contribution in [0.5, 0.6) is 5.75 Å². The van der Waals surface area contributed by atoms with E-state index in [-0.39, 0.29) is 41.5 Å². The van der Waals surface area contributed by atoms with Crippen LogP contribution in [-0.2, 0) is 11.2 Å². The zero-order valence-corrected chi connectivity index (χ0v) is 13.2. The topological polar surface area (TPSA) is 136 Å². The second-order valence-corrected chi connectivity index (χ2v) is 6.74. The lowest BCUT2D eigenvalue weighted by molar-refractivity contribution is -0.122. The number of ketones is 1. The number of rotatable bonds is 4. The van der Waals surface area contributed by atoms with E-state index in [2.05, 4.69) is 0 Å². The maximum Gasteiger partial charge on any atom is 0.526 e. The Morgan fingerprint density at radius 1 is 1.25 bits per heavy atom. The molecule has 0 amide bonds. The molecular weight excluding hydrogens is 311 g/mol. The summed E-state index contributed by atoms with van der Waals surface area (Å²) in [6, 6.07) is 4.50. The van der Waals surface area contributed by atoms with Gasteiger partial charge in [0, 0.05) is 30.2 Å². The SMILES string of the molecule is N[C@H]1CC(C(=O)C[C@H]2Cc3cccc(C(=O)O)c3OB2O)C[C@@H]1N. The normalized spacial score (nSPS) is 26.8. The highest BCUT2D eigenvalue weighted by molar-refractivity contribution is 6.47. The Morgan fingerprint density at radius 3 is 2.54 bits per heavy atom. The van der Waals surface area contributed by atoms with Crippen LogP contribution < -0.4 is 16.1 Å². The Morgan fingerprint density at radius 2 is 1.92 bits per heavy atom. The van der Waals surface area contributed by atoms with Crippen LogP contribution in [0.1, 0.15) is 35.2 Å². The number of carboxylic acids is 1. The maximum atomic E-state index is 12.5. The van der Waals surface area contributed by atoms with Crippen LogP contribution in [0, 0.1) is 5.92 Å². The number of carbonyl (C=O) groups is 2. The number of para-hydroxylation sites is 1. The molecule has 7 nitrogen and oxygen atoms in total. The van der Waals surface area contributed by atoms with Crippen LogP contribution in [0.3, 0.4) is 0 Å². The first kappa shape index (κ1) is 16.9. The smallest absolute Gasteiger partial charge is 0.526 e. The van der Waals surface area contributed by atoms with Gasteiger partial charge in [0.15, 0.2) is 0 Å². The van der Waals surface area contributed by atoms with Gasteiger partial charge in [-0.15, -0.1) is 0 Å². The molecule has 0 bridgehead atoms. The third kappa shape index (κ3) is 3.17. The van der Waals surface area contributed by atoms with Crippen molar-refractivity contribution in [2.75, 3.05) is 0 Å². The number of Topliss-reactive ketones (excluding diaryl/α,β-unsaturated/α-hetero) is 1. The maximum absolute atomic E-state index is 12.5. The molecule has 0 spiro atoms. The Balaban J connectivity index is 1.72. The number of nitrogens with two attached hydrogens (primary N) is 2. The molecule has 1 fully saturated rings. The zero-order chi connectivity index (χ0) is 17.4. The molecule has 24 heavy (non-hydrogen) atoms. The minimum atomic E-state index is -1.20. The summed E-state index contributed by atoms with van der Waals surface area (Å²) in [6.45, 7) is 0. The van der Waals surface area contributed by atoms with Crippen molar-refractivity contribution >= 4 is 18.9 Å². The molecule has 3 rings (SSSR count). The van der Waals surface area contributed by atoms with E-state index in [0.717, 1.165) is 0 Å². The number of aromatic carboxylic acids is 1.